The molecule has 1 aliphatic rings. The van der Waals surface area contributed by atoms with E-state index in [4.69, 9.17) is 0 Å². The van der Waals surface area contributed by atoms with E-state index in [-0.39, 0.29) is 0 Å². The number of anilines is 2. The topological polar surface area (TPSA) is 32.3 Å². The molecule has 0 spiro atoms. The van der Waals surface area contributed by atoms with Crippen molar-refractivity contribution < 1.29 is 0 Å². The summed E-state index contributed by atoms with van der Waals surface area (Å²) in [6.07, 6.45) is 5.70. The van der Waals surface area contributed by atoms with Gasteiger partial charge in [-0.15, -0.1) is 5.10 Å². The lowest BCUT2D eigenvalue weighted by atomic mass is 10.1. The summed E-state index contributed by atoms with van der Waals surface area (Å²) in [5.41, 5.74) is 1.22. The Bertz CT molecular complexity index is 318. The van der Waals surface area contributed by atoms with Gasteiger partial charge in [0.05, 0.1) is 11.9 Å². The molecular formula is C11H18N4. The average Bonchev–Trinajstić information content (AvgIpc) is 2.30. The van der Waals surface area contributed by atoms with Gasteiger partial charge in [0, 0.05) is 27.2 Å². The molecule has 1 aliphatic heterocycles. The summed E-state index contributed by atoms with van der Waals surface area (Å²) < 4.78 is 0. The lowest BCUT2D eigenvalue weighted by Crippen LogP contribution is -2.31. The maximum atomic E-state index is 4.19. The largest absolute Gasteiger partial charge is 0.368 e. The Kier molecular flexibility index (Phi) is 3.04. The highest BCUT2D eigenvalue weighted by Crippen LogP contribution is 2.26. The van der Waals surface area contributed by atoms with E-state index in [9.17, 15) is 0 Å². The third-order valence-corrected chi connectivity index (χ3v) is 2.80. The molecule has 0 atom stereocenters. The first kappa shape index (κ1) is 10.2. The molecule has 0 saturated carbocycles. The van der Waals surface area contributed by atoms with E-state index < -0.39 is 0 Å². The van der Waals surface area contributed by atoms with Crippen LogP contribution in [0.4, 0.5) is 11.5 Å². The molecule has 0 radical (unpaired) electrons. The molecule has 1 aromatic heterocycles. The van der Waals surface area contributed by atoms with Crippen LogP contribution < -0.4 is 9.80 Å². The van der Waals surface area contributed by atoms with Gasteiger partial charge in [0.15, 0.2) is 5.82 Å². The standard InChI is InChI=1S/C11H18N4/c1-14(2)11-10(6-7-12-13-11)15-8-4-3-5-9-15/h6-7H,3-5,8-9H2,1-2H3. The van der Waals surface area contributed by atoms with Crippen LogP contribution in [-0.4, -0.2) is 37.4 Å². The molecule has 0 amide bonds. The molecular weight excluding hydrogens is 188 g/mol. The normalized spacial score (nSPS) is 16.5. The molecule has 2 rings (SSSR count). The molecule has 4 nitrogen and oxygen atoms in total. The zero-order valence-electron chi connectivity index (χ0n) is 9.48. The summed E-state index contributed by atoms with van der Waals surface area (Å²) in [4.78, 5) is 4.43. The predicted molar refractivity (Wildman–Crippen MR) is 62.4 cm³/mol. The first-order chi connectivity index (χ1) is 7.29. The number of hydrogen-bond acceptors (Lipinski definition) is 4. The summed E-state index contributed by atoms with van der Waals surface area (Å²) in [5, 5.41) is 8.13. The third-order valence-electron chi connectivity index (χ3n) is 2.80. The zero-order chi connectivity index (χ0) is 10.7. The van der Waals surface area contributed by atoms with Crippen LogP contribution >= 0.6 is 0 Å². The minimum atomic E-state index is 0.972. The van der Waals surface area contributed by atoms with Gasteiger partial charge < -0.3 is 9.80 Å². The molecule has 0 aromatic carbocycles. The zero-order valence-corrected chi connectivity index (χ0v) is 9.48. The highest BCUT2D eigenvalue weighted by atomic mass is 15.3. The smallest absolute Gasteiger partial charge is 0.174 e. The first-order valence-electron chi connectivity index (χ1n) is 5.53. The van der Waals surface area contributed by atoms with Gasteiger partial charge in [-0.05, 0) is 25.3 Å². The van der Waals surface area contributed by atoms with Crippen LogP contribution in [0, 0.1) is 0 Å². The van der Waals surface area contributed by atoms with Gasteiger partial charge in [-0.1, -0.05) is 0 Å². The highest BCUT2D eigenvalue weighted by molar-refractivity contribution is 5.65. The molecule has 4 heteroatoms. The van der Waals surface area contributed by atoms with Crippen molar-refractivity contribution in [2.24, 2.45) is 0 Å². The van der Waals surface area contributed by atoms with Gasteiger partial charge in [-0.2, -0.15) is 5.10 Å². The van der Waals surface area contributed by atoms with E-state index in [1.54, 1.807) is 6.20 Å². The monoisotopic (exact) mass is 206 g/mol. The molecule has 1 aromatic rings. The van der Waals surface area contributed by atoms with Crippen LogP contribution in [0.5, 0.6) is 0 Å². The lowest BCUT2D eigenvalue weighted by Gasteiger charge is -2.30. The van der Waals surface area contributed by atoms with Crippen molar-refractivity contribution in [1.29, 1.82) is 0 Å². The van der Waals surface area contributed by atoms with E-state index in [1.165, 1.54) is 24.9 Å². The minimum absolute atomic E-state index is 0.972. The summed E-state index contributed by atoms with van der Waals surface area (Å²) >= 11 is 0. The Labute approximate surface area is 90.9 Å². The Morgan fingerprint density at radius 1 is 1.20 bits per heavy atom. The van der Waals surface area contributed by atoms with Gasteiger partial charge in [-0.25, -0.2) is 0 Å². The van der Waals surface area contributed by atoms with Crippen LogP contribution in [0.3, 0.4) is 0 Å². The summed E-state index contributed by atoms with van der Waals surface area (Å²) in [5.74, 6) is 0.972. The fourth-order valence-electron chi connectivity index (χ4n) is 2.02. The van der Waals surface area contributed by atoms with Crippen LogP contribution in [0.1, 0.15) is 19.3 Å². The Hall–Kier alpha value is -1.32. The molecule has 0 N–H and O–H groups in total. The fourth-order valence-corrected chi connectivity index (χ4v) is 2.02. The van der Waals surface area contributed by atoms with Gasteiger partial charge in [-0.3, -0.25) is 0 Å². The maximum Gasteiger partial charge on any atom is 0.174 e. The van der Waals surface area contributed by atoms with Gasteiger partial charge >= 0.3 is 0 Å². The second-order valence-corrected chi connectivity index (χ2v) is 4.18. The van der Waals surface area contributed by atoms with E-state index in [2.05, 4.69) is 21.2 Å². The quantitative estimate of drug-likeness (QED) is 0.734. The van der Waals surface area contributed by atoms with Gasteiger partial charge in [0.1, 0.15) is 0 Å². The van der Waals surface area contributed by atoms with Crippen LogP contribution in [0.2, 0.25) is 0 Å². The molecule has 0 aliphatic carbocycles. The third kappa shape index (κ3) is 2.19. The molecule has 1 saturated heterocycles. The number of nitrogens with zero attached hydrogens (tertiary/aromatic N) is 4. The fraction of sp³-hybridized carbons (Fsp3) is 0.636. The van der Waals surface area contributed by atoms with Crippen molar-refractivity contribution in [2.75, 3.05) is 37.0 Å². The van der Waals surface area contributed by atoms with Crippen LogP contribution in [-0.2, 0) is 0 Å². The Morgan fingerprint density at radius 3 is 2.60 bits per heavy atom. The lowest BCUT2D eigenvalue weighted by molar-refractivity contribution is 0.576. The van der Waals surface area contributed by atoms with Crippen molar-refractivity contribution in [2.45, 2.75) is 19.3 Å². The van der Waals surface area contributed by atoms with Crippen molar-refractivity contribution >= 4 is 11.5 Å². The van der Waals surface area contributed by atoms with E-state index in [1.807, 2.05) is 19.0 Å². The number of rotatable bonds is 2. The summed E-state index contributed by atoms with van der Waals surface area (Å²) in [6, 6.07) is 2.06. The Balaban J connectivity index is 2.25. The van der Waals surface area contributed by atoms with Crippen molar-refractivity contribution in [3.63, 3.8) is 0 Å². The molecule has 15 heavy (non-hydrogen) atoms. The number of aromatic nitrogens is 2. The second kappa shape index (κ2) is 4.47. The molecule has 0 bridgehead atoms. The average molecular weight is 206 g/mol. The summed E-state index contributed by atoms with van der Waals surface area (Å²) in [6.45, 7) is 2.29. The van der Waals surface area contributed by atoms with Crippen molar-refractivity contribution in [3.8, 4) is 0 Å². The van der Waals surface area contributed by atoms with Crippen LogP contribution in [0.25, 0.3) is 0 Å². The van der Waals surface area contributed by atoms with Gasteiger partial charge in [0.2, 0.25) is 0 Å². The maximum absolute atomic E-state index is 4.19. The number of hydrogen-bond donors (Lipinski definition) is 0. The molecule has 2 heterocycles. The first-order valence-corrected chi connectivity index (χ1v) is 5.53. The van der Waals surface area contributed by atoms with Crippen molar-refractivity contribution in [1.82, 2.24) is 10.2 Å². The molecule has 82 valence electrons. The van der Waals surface area contributed by atoms with E-state index >= 15 is 0 Å². The van der Waals surface area contributed by atoms with Crippen molar-refractivity contribution in [3.05, 3.63) is 12.3 Å². The highest BCUT2D eigenvalue weighted by Gasteiger charge is 2.16. The molecule has 1 fully saturated rings. The second-order valence-electron chi connectivity index (χ2n) is 4.18. The van der Waals surface area contributed by atoms with E-state index in [0.717, 1.165) is 18.9 Å². The Morgan fingerprint density at radius 2 is 1.93 bits per heavy atom. The molecule has 0 unspecified atom stereocenters. The minimum Gasteiger partial charge on any atom is -0.368 e. The summed E-state index contributed by atoms with van der Waals surface area (Å²) in [7, 11) is 4.02. The van der Waals surface area contributed by atoms with Crippen LogP contribution in [0.15, 0.2) is 12.3 Å². The van der Waals surface area contributed by atoms with E-state index in [0.29, 0.717) is 0 Å². The predicted octanol–water partition coefficient (Wildman–Crippen LogP) is 1.53. The van der Waals surface area contributed by atoms with Gasteiger partial charge in [0.25, 0.3) is 0 Å². The SMILES string of the molecule is CN(C)c1nnccc1N1CCCCC1. The number of piperidine rings is 1.